The van der Waals surface area contributed by atoms with Crippen molar-refractivity contribution >= 4 is 49.4 Å². The van der Waals surface area contributed by atoms with E-state index in [2.05, 4.69) is 187 Å². The van der Waals surface area contributed by atoms with Gasteiger partial charge < -0.3 is 4.90 Å². The fourth-order valence-electron chi connectivity index (χ4n) is 8.31. The number of rotatable bonds is 7. The third-order valence-corrected chi connectivity index (χ3v) is 10.9. The van der Waals surface area contributed by atoms with Gasteiger partial charge in [-0.15, -0.1) is 0 Å². The molecule has 0 spiro atoms. The predicted octanol–water partition coefficient (Wildman–Crippen LogP) is 15.4. The number of nitrogens with zero attached hydrogens (tertiary/aromatic N) is 1. The van der Waals surface area contributed by atoms with Gasteiger partial charge in [0.15, 0.2) is 0 Å². The molecule has 0 saturated carbocycles. The van der Waals surface area contributed by atoms with E-state index in [1.807, 2.05) is 24.3 Å². The summed E-state index contributed by atoms with van der Waals surface area (Å²) in [6.45, 7) is 0. The van der Waals surface area contributed by atoms with Crippen LogP contribution in [0.3, 0.4) is 0 Å². The maximum Gasteiger partial charge on any atom is 0.131 e. The van der Waals surface area contributed by atoms with E-state index >= 15 is 4.39 Å². The van der Waals surface area contributed by atoms with Crippen molar-refractivity contribution in [3.63, 3.8) is 0 Å². The lowest BCUT2D eigenvalue weighted by Gasteiger charge is -2.30. The van der Waals surface area contributed by atoms with Gasteiger partial charge in [0.1, 0.15) is 5.82 Å². The third-order valence-electron chi connectivity index (χ3n) is 10.9. The zero-order chi connectivity index (χ0) is 37.4. The van der Waals surface area contributed by atoms with Gasteiger partial charge in [0.05, 0.1) is 11.4 Å². The van der Waals surface area contributed by atoms with Crippen molar-refractivity contribution in [2.75, 3.05) is 4.90 Å². The quantitative estimate of drug-likeness (QED) is 0.148. The van der Waals surface area contributed by atoms with E-state index in [0.29, 0.717) is 5.56 Å². The summed E-state index contributed by atoms with van der Waals surface area (Å²) in [6, 6.07) is 76.1. The molecule has 2 heteroatoms. The Balaban J connectivity index is 1.15. The van der Waals surface area contributed by atoms with E-state index in [0.717, 1.165) is 66.8 Å². The fraction of sp³-hybridized carbons (Fsp3) is 0. The SMILES string of the molecule is Fc1ccccc1-c1cccc2cccc(-c3ccc(N(c4ccccc4-c4ccccc4)c4ccccc4-c4ccc5c(ccc6ccccc65)c4)cc3)c12. The fourth-order valence-corrected chi connectivity index (χ4v) is 8.31. The molecular weight excluding hydrogens is 682 g/mol. The van der Waals surface area contributed by atoms with E-state index < -0.39 is 0 Å². The van der Waals surface area contributed by atoms with Crippen molar-refractivity contribution in [2.45, 2.75) is 0 Å². The van der Waals surface area contributed by atoms with Gasteiger partial charge in [-0.3, -0.25) is 0 Å². The minimum atomic E-state index is -0.226. The van der Waals surface area contributed by atoms with Crippen molar-refractivity contribution in [1.29, 1.82) is 0 Å². The second-order valence-electron chi connectivity index (χ2n) is 14.2. The monoisotopic (exact) mass is 717 g/mol. The predicted molar refractivity (Wildman–Crippen MR) is 235 cm³/mol. The molecule has 264 valence electrons. The molecule has 10 aromatic carbocycles. The molecular formula is C54H36FN. The lowest BCUT2D eigenvalue weighted by atomic mass is 9.91. The summed E-state index contributed by atoms with van der Waals surface area (Å²) in [4.78, 5) is 2.39. The third kappa shape index (κ3) is 5.89. The number of hydrogen-bond acceptors (Lipinski definition) is 1. The molecule has 0 bridgehead atoms. The minimum Gasteiger partial charge on any atom is -0.309 e. The summed E-state index contributed by atoms with van der Waals surface area (Å²) in [6.07, 6.45) is 0. The molecule has 0 aliphatic rings. The number of para-hydroxylation sites is 2. The average molecular weight is 718 g/mol. The van der Waals surface area contributed by atoms with Crippen LogP contribution in [0.1, 0.15) is 0 Å². The summed E-state index contributed by atoms with van der Waals surface area (Å²) < 4.78 is 15.2. The van der Waals surface area contributed by atoms with Crippen molar-refractivity contribution < 1.29 is 4.39 Å². The molecule has 10 rings (SSSR count). The number of benzene rings is 10. The maximum atomic E-state index is 15.2. The van der Waals surface area contributed by atoms with Gasteiger partial charge in [-0.2, -0.15) is 0 Å². The molecule has 56 heavy (non-hydrogen) atoms. The first-order valence-corrected chi connectivity index (χ1v) is 19.0. The lowest BCUT2D eigenvalue weighted by Crippen LogP contribution is -2.12. The summed E-state index contributed by atoms with van der Waals surface area (Å²) in [5.74, 6) is -0.226. The summed E-state index contributed by atoms with van der Waals surface area (Å²) >= 11 is 0. The number of hydrogen-bond donors (Lipinski definition) is 0. The average Bonchev–Trinajstić information content (AvgIpc) is 3.27. The first-order valence-electron chi connectivity index (χ1n) is 19.0. The highest BCUT2D eigenvalue weighted by molar-refractivity contribution is 6.09. The van der Waals surface area contributed by atoms with Gasteiger partial charge in [0.25, 0.3) is 0 Å². The van der Waals surface area contributed by atoms with Crippen LogP contribution < -0.4 is 4.90 Å². The highest BCUT2D eigenvalue weighted by atomic mass is 19.1. The Labute approximate surface area is 326 Å². The van der Waals surface area contributed by atoms with E-state index in [1.165, 1.54) is 27.6 Å². The van der Waals surface area contributed by atoms with Gasteiger partial charge in [-0.05, 0) is 96.5 Å². The molecule has 0 aromatic heterocycles. The molecule has 0 amide bonds. The van der Waals surface area contributed by atoms with E-state index in [4.69, 9.17) is 0 Å². The van der Waals surface area contributed by atoms with Crippen LogP contribution in [-0.4, -0.2) is 0 Å². The zero-order valence-electron chi connectivity index (χ0n) is 30.6. The first kappa shape index (κ1) is 33.3. The topological polar surface area (TPSA) is 3.24 Å². The largest absolute Gasteiger partial charge is 0.309 e. The van der Waals surface area contributed by atoms with Crippen LogP contribution in [0, 0.1) is 5.82 Å². The van der Waals surface area contributed by atoms with Gasteiger partial charge >= 0.3 is 0 Å². The second kappa shape index (κ2) is 14.2. The maximum absolute atomic E-state index is 15.2. The molecule has 10 aromatic rings. The molecule has 0 fully saturated rings. The van der Waals surface area contributed by atoms with E-state index in [9.17, 15) is 0 Å². The molecule has 0 saturated heterocycles. The Morgan fingerprint density at radius 2 is 0.821 bits per heavy atom. The van der Waals surface area contributed by atoms with Crippen molar-refractivity contribution in [3.05, 3.63) is 224 Å². The van der Waals surface area contributed by atoms with Crippen LogP contribution in [0.5, 0.6) is 0 Å². The van der Waals surface area contributed by atoms with Crippen LogP contribution in [0.15, 0.2) is 218 Å². The van der Waals surface area contributed by atoms with Crippen molar-refractivity contribution in [3.8, 4) is 44.5 Å². The Kier molecular flexibility index (Phi) is 8.42. The normalized spacial score (nSPS) is 11.3. The summed E-state index contributed by atoms with van der Waals surface area (Å²) in [5, 5.41) is 7.07. The molecule has 0 radical (unpaired) electrons. The lowest BCUT2D eigenvalue weighted by molar-refractivity contribution is 0.631. The summed E-state index contributed by atoms with van der Waals surface area (Å²) in [5.41, 5.74) is 11.4. The van der Waals surface area contributed by atoms with Crippen LogP contribution >= 0.6 is 0 Å². The van der Waals surface area contributed by atoms with E-state index in [-0.39, 0.29) is 5.82 Å². The molecule has 0 aliphatic carbocycles. The minimum absolute atomic E-state index is 0.226. The Hall–Kier alpha value is -7.29. The Morgan fingerprint density at radius 1 is 0.304 bits per heavy atom. The van der Waals surface area contributed by atoms with Crippen molar-refractivity contribution in [2.24, 2.45) is 0 Å². The number of halogens is 1. The van der Waals surface area contributed by atoms with Gasteiger partial charge in [0.2, 0.25) is 0 Å². The van der Waals surface area contributed by atoms with Gasteiger partial charge in [0, 0.05) is 22.4 Å². The highest BCUT2D eigenvalue weighted by Crippen LogP contribution is 2.46. The first-order chi connectivity index (χ1) is 27.7. The van der Waals surface area contributed by atoms with Crippen LogP contribution in [-0.2, 0) is 0 Å². The molecule has 0 unspecified atom stereocenters. The molecule has 0 heterocycles. The van der Waals surface area contributed by atoms with Crippen LogP contribution in [0.25, 0.3) is 76.8 Å². The smallest absolute Gasteiger partial charge is 0.131 e. The van der Waals surface area contributed by atoms with Gasteiger partial charge in [-0.1, -0.05) is 182 Å². The Morgan fingerprint density at radius 3 is 1.57 bits per heavy atom. The Bertz CT molecular complexity index is 3030. The second-order valence-corrected chi connectivity index (χ2v) is 14.2. The van der Waals surface area contributed by atoms with E-state index in [1.54, 1.807) is 6.07 Å². The number of anilines is 3. The standard InChI is InChI=1S/C54H36FN/c55-51-25-9-6-22-49(51)50-24-13-18-40-17-12-23-48(54(40)50)39-30-33-43(34-31-39)56(52-26-10-7-20-46(52)37-14-2-1-3-15-37)53-27-11-8-21-47(53)42-32-35-45-41(36-42)29-28-38-16-4-5-19-44(38)45/h1-36H. The molecule has 0 atom stereocenters. The molecule has 0 aliphatic heterocycles. The molecule has 0 N–H and O–H groups in total. The van der Waals surface area contributed by atoms with Gasteiger partial charge in [-0.25, -0.2) is 4.39 Å². The van der Waals surface area contributed by atoms with Crippen molar-refractivity contribution in [1.82, 2.24) is 0 Å². The highest BCUT2D eigenvalue weighted by Gasteiger charge is 2.21. The van der Waals surface area contributed by atoms with Crippen LogP contribution in [0.4, 0.5) is 21.5 Å². The van der Waals surface area contributed by atoms with Crippen LogP contribution in [0.2, 0.25) is 0 Å². The summed E-state index contributed by atoms with van der Waals surface area (Å²) in [7, 11) is 0. The zero-order valence-corrected chi connectivity index (χ0v) is 30.6. The number of fused-ring (bicyclic) bond motifs is 4. The molecule has 1 nitrogen and oxygen atoms in total.